The highest BCUT2D eigenvalue weighted by Gasteiger charge is 2.16. The average Bonchev–Trinajstić information content (AvgIpc) is 2.39. The first-order valence-corrected chi connectivity index (χ1v) is 6.61. The molecule has 0 aliphatic carbocycles. The van der Waals surface area contributed by atoms with E-state index in [0.717, 1.165) is 18.2 Å². The van der Waals surface area contributed by atoms with Crippen LogP contribution < -0.4 is 10.5 Å². The smallest absolute Gasteiger partial charge is 0.338 e. The summed E-state index contributed by atoms with van der Waals surface area (Å²) in [7, 11) is 0. The van der Waals surface area contributed by atoms with Gasteiger partial charge in [0.1, 0.15) is 17.4 Å². The summed E-state index contributed by atoms with van der Waals surface area (Å²) in [5.74, 6) is -3.32. The maximum atomic E-state index is 13.6. The predicted molar refractivity (Wildman–Crippen MR) is 77.0 cm³/mol. The predicted octanol–water partition coefficient (Wildman–Crippen LogP) is 4.45. The van der Waals surface area contributed by atoms with Crippen LogP contribution in [-0.2, 0) is 0 Å². The molecule has 110 valence electrons. The van der Waals surface area contributed by atoms with Crippen molar-refractivity contribution in [2.45, 2.75) is 0 Å². The van der Waals surface area contributed by atoms with E-state index in [0.29, 0.717) is 4.47 Å². The number of ether oxygens (including phenoxy) is 1. The zero-order valence-corrected chi connectivity index (χ0v) is 12.5. The molecule has 0 unspecified atom stereocenters. The molecule has 0 spiro atoms. The molecule has 0 aliphatic rings. The Morgan fingerprint density at radius 3 is 2.43 bits per heavy atom. The molecule has 0 aliphatic heterocycles. The lowest BCUT2D eigenvalue weighted by molar-refractivity contribution is 0.0692. The summed E-state index contributed by atoms with van der Waals surface area (Å²) in [4.78, 5) is 10.8. The zero-order valence-electron chi connectivity index (χ0n) is 10.2. The Bertz CT molecular complexity index is 740. The third-order valence-electron chi connectivity index (χ3n) is 2.52. The summed E-state index contributed by atoms with van der Waals surface area (Å²) in [5.41, 5.74) is 4.92. The lowest BCUT2D eigenvalue weighted by Crippen LogP contribution is -2.03. The van der Waals surface area contributed by atoms with Crippen LogP contribution in [0.5, 0.6) is 11.5 Å². The van der Waals surface area contributed by atoms with Crippen molar-refractivity contribution in [2.75, 3.05) is 5.73 Å². The molecule has 0 saturated carbocycles. The Kier molecular flexibility index (Phi) is 4.34. The number of nitrogens with two attached hydrogens (primary N) is 1. The molecule has 0 radical (unpaired) electrons. The number of nitrogen functional groups attached to an aromatic ring is 1. The SMILES string of the molecule is Nc1cc(C(=O)O)c(F)cc1Oc1cc(F)c(Cl)cc1Br. The largest absolute Gasteiger partial charge is 0.478 e. The summed E-state index contributed by atoms with van der Waals surface area (Å²) < 4.78 is 32.6. The van der Waals surface area contributed by atoms with Crippen LogP contribution in [-0.4, -0.2) is 11.1 Å². The van der Waals surface area contributed by atoms with Gasteiger partial charge in [-0.1, -0.05) is 11.6 Å². The molecule has 2 rings (SSSR count). The Balaban J connectivity index is 2.43. The van der Waals surface area contributed by atoms with Crippen molar-refractivity contribution in [2.24, 2.45) is 0 Å². The number of rotatable bonds is 3. The monoisotopic (exact) mass is 377 g/mol. The summed E-state index contributed by atoms with van der Waals surface area (Å²) in [5, 5.41) is 8.66. The first-order chi connectivity index (χ1) is 9.79. The first kappa shape index (κ1) is 15.5. The minimum Gasteiger partial charge on any atom is -0.478 e. The van der Waals surface area contributed by atoms with Crippen molar-refractivity contribution in [1.82, 2.24) is 0 Å². The van der Waals surface area contributed by atoms with Crippen molar-refractivity contribution >= 4 is 39.2 Å². The molecule has 4 nitrogen and oxygen atoms in total. The average molecular weight is 379 g/mol. The van der Waals surface area contributed by atoms with Crippen LogP contribution in [0.2, 0.25) is 5.02 Å². The van der Waals surface area contributed by atoms with Gasteiger partial charge >= 0.3 is 5.97 Å². The van der Waals surface area contributed by atoms with Crippen molar-refractivity contribution < 1.29 is 23.4 Å². The number of hydrogen-bond acceptors (Lipinski definition) is 3. The van der Waals surface area contributed by atoms with Gasteiger partial charge in [0.15, 0.2) is 5.75 Å². The number of anilines is 1. The Hall–Kier alpha value is -1.86. The number of halogens is 4. The van der Waals surface area contributed by atoms with Crippen molar-refractivity contribution in [3.8, 4) is 11.5 Å². The Labute approximate surface area is 131 Å². The molecule has 0 bridgehead atoms. The van der Waals surface area contributed by atoms with Gasteiger partial charge in [0, 0.05) is 12.1 Å². The molecule has 8 heteroatoms. The number of carboxylic acids is 1. The van der Waals surface area contributed by atoms with Gasteiger partial charge in [-0.25, -0.2) is 13.6 Å². The van der Waals surface area contributed by atoms with Crippen LogP contribution in [0.1, 0.15) is 10.4 Å². The second-order valence-electron chi connectivity index (χ2n) is 3.97. The molecule has 21 heavy (non-hydrogen) atoms. The van der Waals surface area contributed by atoms with E-state index in [1.165, 1.54) is 6.07 Å². The molecule has 0 saturated heterocycles. The third-order valence-corrected chi connectivity index (χ3v) is 3.43. The molecular weight excluding hydrogens is 372 g/mol. The van der Waals surface area contributed by atoms with Crippen LogP contribution in [0.4, 0.5) is 14.5 Å². The third kappa shape index (κ3) is 3.25. The quantitative estimate of drug-likeness (QED) is 0.611. The number of hydrogen-bond donors (Lipinski definition) is 2. The van der Waals surface area contributed by atoms with E-state index in [9.17, 15) is 13.6 Å². The molecule has 3 N–H and O–H groups in total. The second kappa shape index (κ2) is 5.87. The highest BCUT2D eigenvalue weighted by molar-refractivity contribution is 9.10. The van der Waals surface area contributed by atoms with Crippen molar-refractivity contribution in [3.63, 3.8) is 0 Å². The number of carbonyl (C=O) groups is 1. The normalized spacial score (nSPS) is 10.5. The van der Waals surface area contributed by atoms with E-state index in [-0.39, 0.29) is 22.2 Å². The van der Waals surface area contributed by atoms with E-state index < -0.39 is 23.2 Å². The van der Waals surface area contributed by atoms with Crippen LogP contribution >= 0.6 is 27.5 Å². The van der Waals surface area contributed by atoms with Crippen LogP contribution in [0.25, 0.3) is 0 Å². The molecule has 0 heterocycles. The second-order valence-corrected chi connectivity index (χ2v) is 5.24. The van der Waals surface area contributed by atoms with E-state index in [4.69, 9.17) is 27.2 Å². The van der Waals surface area contributed by atoms with Gasteiger partial charge in [-0.2, -0.15) is 0 Å². The highest BCUT2D eigenvalue weighted by Crippen LogP contribution is 2.36. The van der Waals surface area contributed by atoms with Crippen LogP contribution in [0, 0.1) is 11.6 Å². The first-order valence-electron chi connectivity index (χ1n) is 5.44. The maximum absolute atomic E-state index is 13.6. The molecule has 2 aromatic rings. The fourth-order valence-electron chi connectivity index (χ4n) is 1.53. The molecule has 0 fully saturated rings. The highest BCUT2D eigenvalue weighted by atomic mass is 79.9. The molecule has 2 aromatic carbocycles. The summed E-state index contributed by atoms with van der Waals surface area (Å²) in [6.45, 7) is 0. The minimum atomic E-state index is -1.45. The van der Waals surface area contributed by atoms with Crippen LogP contribution in [0.3, 0.4) is 0 Å². The van der Waals surface area contributed by atoms with Crippen molar-refractivity contribution in [1.29, 1.82) is 0 Å². The van der Waals surface area contributed by atoms with Gasteiger partial charge in [-0.05, 0) is 28.1 Å². The zero-order chi connectivity index (χ0) is 15.7. The van der Waals surface area contributed by atoms with E-state index in [2.05, 4.69) is 15.9 Å². The van der Waals surface area contributed by atoms with E-state index >= 15 is 0 Å². The number of benzene rings is 2. The maximum Gasteiger partial charge on any atom is 0.338 e. The summed E-state index contributed by atoms with van der Waals surface area (Å²) >= 11 is 8.71. The van der Waals surface area contributed by atoms with Gasteiger partial charge < -0.3 is 15.6 Å². The van der Waals surface area contributed by atoms with Gasteiger partial charge in [-0.3, -0.25) is 0 Å². The van der Waals surface area contributed by atoms with Crippen molar-refractivity contribution in [3.05, 3.63) is 51.0 Å². The molecular formula is C13H7BrClF2NO3. The van der Waals surface area contributed by atoms with Crippen LogP contribution in [0.15, 0.2) is 28.7 Å². The fourth-order valence-corrected chi connectivity index (χ4v) is 2.24. The molecule has 0 amide bonds. The summed E-state index contributed by atoms with van der Waals surface area (Å²) in [6, 6.07) is 4.00. The molecule has 0 atom stereocenters. The number of aromatic carboxylic acids is 1. The Morgan fingerprint density at radius 1 is 1.19 bits per heavy atom. The standard InChI is InChI=1S/C13H7BrClF2NO3/c14-6-2-7(15)9(17)4-11(6)21-12-3-8(16)5(13(19)20)1-10(12)18/h1-4H,18H2,(H,19,20). The number of carboxylic acid groups (broad SMARTS) is 1. The fraction of sp³-hybridized carbons (Fsp3) is 0. The topological polar surface area (TPSA) is 72.6 Å². The van der Waals surface area contributed by atoms with E-state index in [1.807, 2.05) is 0 Å². The van der Waals surface area contributed by atoms with Gasteiger partial charge in [-0.15, -0.1) is 0 Å². The van der Waals surface area contributed by atoms with Gasteiger partial charge in [0.25, 0.3) is 0 Å². The summed E-state index contributed by atoms with van der Waals surface area (Å²) in [6.07, 6.45) is 0. The van der Waals surface area contributed by atoms with Gasteiger partial charge in [0.05, 0.1) is 20.7 Å². The Morgan fingerprint density at radius 2 is 1.81 bits per heavy atom. The lowest BCUT2D eigenvalue weighted by Gasteiger charge is -2.12. The van der Waals surface area contributed by atoms with Gasteiger partial charge in [0.2, 0.25) is 0 Å². The molecule has 0 aromatic heterocycles. The lowest BCUT2D eigenvalue weighted by atomic mass is 10.1. The minimum absolute atomic E-state index is 0.0195. The van der Waals surface area contributed by atoms with E-state index in [1.54, 1.807) is 0 Å².